The Hall–Kier alpha value is -3.23. The fourth-order valence-corrected chi connectivity index (χ4v) is 3.95. The largest absolute Gasteiger partial charge is 0.497 e. The number of sulfonamides is 1. The second kappa shape index (κ2) is 9.06. The van der Waals surface area contributed by atoms with Crippen molar-refractivity contribution in [3.63, 3.8) is 0 Å². The van der Waals surface area contributed by atoms with Crippen molar-refractivity contribution in [1.82, 2.24) is 0 Å². The van der Waals surface area contributed by atoms with Gasteiger partial charge in [-0.1, -0.05) is 29.8 Å². The number of amides is 1. The number of nitrogens with one attached hydrogen (secondary N) is 2. The average Bonchev–Trinajstić information content (AvgIpc) is 2.75. The molecule has 0 bridgehead atoms. The summed E-state index contributed by atoms with van der Waals surface area (Å²) in [5.74, 6) is 0.426. The van der Waals surface area contributed by atoms with Gasteiger partial charge in [0, 0.05) is 11.8 Å². The molecule has 3 rings (SSSR count). The summed E-state index contributed by atoms with van der Waals surface area (Å²) in [5, 5.41) is 2.87. The van der Waals surface area contributed by atoms with Crippen LogP contribution in [0.4, 0.5) is 11.4 Å². The van der Waals surface area contributed by atoms with E-state index in [1.54, 1.807) is 36.4 Å². The normalized spacial score (nSPS) is 10.9. The Morgan fingerprint density at radius 1 is 0.933 bits per heavy atom. The maximum absolute atomic E-state index is 12.8. The highest BCUT2D eigenvalue weighted by molar-refractivity contribution is 7.92. The van der Waals surface area contributed by atoms with Crippen LogP contribution in [0.3, 0.4) is 0 Å². The van der Waals surface area contributed by atoms with E-state index in [9.17, 15) is 13.2 Å². The molecule has 0 radical (unpaired) electrons. The van der Waals surface area contributed by atoms with Crippen molar-refractivity contribution in [1.29, 1.82) is 0 Å². The molecular formula is C21H19ClN2O5S. The molecule has 2 N–H and O–H groups in total. The Morgan fingerprint density at radius 3 is 2.33 bits per heavy atom. The van der Waals surface area contributed by atoms with Crippen LogP contribution in [-0.2, 0) is 10.0 Å². The second-order valence-corrected chi connectivity index (χ2v) is 8.22. The Morgan fingerprint density at radius 2 is 1.67 bits per heavy atom. The fraction of sp³-hybridized carbons (Fsp3) is 0.0952. The molecular weight excluding hydrogens is 428 g/mol. The summed E-state index contributed by atoms with van der Waals surface area (Å²) in [6, 6.07) is 17.2. The van der Waals surface area contributed by atoms with Crippen molar-refractivity contribution in [2.75, 3.05) is 24.3 Å². The first-order chi connectivity index (χ1) is 14.3. The van der Waals surface area contributed by atoms with Crippen LogP contribution in [0.2, 0.25) is 5.02 Å². The zero-order chi connectivity index (χ0) is 21.7. The van der Waals surface area contributed by atoms with E-state index in [-0.39, 0.29) is 21.2 Å². The minimum atomic E-state index is -3.81. The van der Waals surface area contributed by atoms with Crippen LogP contribution in [-0.4, -0.2) is 28.5 Å². The third-order valence-corrected chi connectivity index (χ3v) is 5.90. The van der Waals surface area contributed by atoms with Crippen molar-refractivity contribution < 1.29 is 22.7 Å². The molecule has 3 aromatic rings. The quantitative estimate of drug-likeness (QED) is 0.560. The van der Waals surface area contributed by atoms with Gasteiger partial charge in [0.25, 0.3) is 15.9 Å². The summed E-state index contributed by atoms with van der Waals surface area (Å²) in [7, 11) is -0.826. The molecule has 0 aliphatic rings. The number of anilines is 2. The van der Waals surface area contributed by atoms with Gasteiger partial charge in [-0.15, -0.1) is 0 Å². The number of methoxy groups -OCH3 is 2. The van der Waals surface area contributed by atoms with Gasteiger partial charge in [-0.3, -0.25) is 9.52 Å². The molecule has 1 amide bonds. The molecule has 0 spiro atoms. The molecule has 30 heavy (non-hydrogen) atoms. The van der Waals surface area contributed by atoms with Crippen LogP contribution in [0.5, 0.6) is 11.5 Å². The number of hydrogen-bond acceptors (Lipinski definition) is 5. The molecule has 0 aliphatic carbocycles. The SMILES string of the molecule is COc1ccc(OC)c(NC(=O)c2cc(NS(=O)(=O)c3ccccc3)ccc2Cl)c1. The van der Waals surface area contributed by atoms with Crippen molar-refractivity contribution in [3.8, 4) is 11.5 Å². The van der Waals surface area contributed by atoms with Crippen LogP contribution < -0.4 is 19.5 Å². The third kappa shape index (κ3) is 4.84. The number of ether oxygens (including phenoxy) is 2. The van der Waals surface area contributed by atoms with Crippen molar-refractivity contribution in [3.05, 3.63) is 77.3 Å². The number of rotatable bonds is 7. The summed E-state index contributed by atoms with van der Waals surface area (Å²) in [6.45, 7) is 0. The van der Waals surface area contributed by atoms with Gasteiger partial charge in [0.1, 0.15) is 11.5 Å². The standard InChI is InChI=1S/C21H19ClN2O5S/c1-28-15-9-11-20(29-2)19(13-15)23-21(25)17-12-14(8-10-18(17)22)24-30(26,27)16-6-4-3-5-7-16/h3-13,24H,1-2H3,(H,23,25). The molecule has 156 valence electrons. The van der Waals surface area contributed by atoms with E-state index in [1.807, 2.05) is 0 Å². The zero-order valence-corrected chi connectivity index (χ0v) is 17.8. The molecule has 0 atom stereocenters. The van der Waals surface area contributed by atoms with Crippen LogP contribution in [0.1, 0.15) is 10.4 Å². The summed E-state index contributed by atoms with van der Waals surface area (Å²) < 4.78 is 38.0. The Bertz CT molecular complexity index is 1170. The lowest BCUT2D eigenvalue weighted by atomic mass is 10.1. The number of carbonyl (C=O) groups is 1. The first-order valence-corrected chi connectivity index (χ1v) is 10.6. The number of hydrogen-bond donors (Lipinski definition) is 2. The maximum atomic E-state index is 12.8. The van der Waals surface area contributed by atoms with Gasteiger partial charge in [-0.2, -0.15) is 0 Å². The van der Waals surface area contributed by atoms with Crippen LogP contribution in [0.15, 0.2) is 71.6 Å². The molecule has 0 aliphatic heterocycles. The smallest absolute Gasteiger partial charge is 0.261 e. The van der Waals surface area contributed by atoms with Crippen molar-refractivity contribution >= 4 is 38.9 Å². The van der Waals surface area contributed by atoms with E-state index in [4.69, 9.17) is 21.1 Å². The van der Waals surface area contributed by atoms with E-state index in [2.05, 4.69) is 10.0 Å². The molecule has 0 heterocycles. The van der Waals surface area contributed by atoms with E-state index in [0.717, 1.165) is 0 Å². The molecule has 7 nitrogen and oxygen atoms in total. The first kappa shape index (κ1) is 21.5. The van der Waals surface area contributed by atoms with Gasteiger partial charge in [-0.05, 0) is 42.5 Å². The predicted molar refractivity (Wildman–Crippen MR) is 116 cm³/mol. The lowest BCUT2D eigenvalue weighted by Crippen LogP contribution is -2.16. The minimum Gasteiger partial charge on any atom is -0.497 e. The highest BCUT2D eigenvalue weighted by Crippen LogP contribution is 2.30. The molecule has 0 saturated heterocycles. The highest BCUT2D eigenvalue weighted by Gasteiger charge is 2.18. The average molecular weight is 447 g/mol. The summed E-state index contributed by atoms with van der Waals surface area (Å²) in [5.41, 5.74) is 0.675. The van der Waals surface area contributed by atoms with Crippen molar-refractivity contribution in [2.24, 2.45) is 0 Å². The van der Waals surface area contributed by atoms with Gasteiger partial charge >= 0.3 is 0 Å². The Labute approximate surface area is 179 Å². The minimum absolute atomic E-state index is 0.0924. The van der Waals surface area contributed by atoms with Gasteiger partial charge in [0.05, 0.1) is 35.4 Å². The van der Waals surface area contributed by atoms with Gasteiger partial charge in [0.15, 0.2) is 0 Å². The summed E-state index contributed by atoms with van der Waals surface area (Å²) in [4.78, 5) is 12.9. The fourth-order valence-electron chi connectivity index (χ4n) is 2.68. The molecule has 3 aromatic carbocycles. The summed E-state index contributed by atoms with van der Waals surface area (Å²) in [6.07, 6.45) is 0. The van der Waals surface area contributed by atoms with E-state index < -0.39 is 15.9 Å². The van der Waals surface area contributed by atoms with Crippen LogP contribution in [0, 0.1) is 0 Å². The predicted octanol–water partition coefficient (Wildman–Crippen LogP) is 4.41. The van der Waals surface area contributed by atoms with Crippen molar-refractivity contribution in [2.45, 2.75) is 4.90 Å². The lowest BCUT2D eigenvalue weighted by molar-refractivity contribution is 0.102. The van der Waals surface area contributed by atoms with E-state index in [0.29, 0.717) is 17.2 Å². The second-order valence-electron chi connectivity index (χ2n) is 6.13. The first-order valence-electron chi connectivity index (χ1n) is 8.75. The molecule has 9 heteroatoms. The monoisotopic (exact) mass is 446 g/mol. The number of carbonyl (C=O) groups excluding carboxylic acids is 1. The lowest BCUT2D eigenvalue weighted by Gasteiger charge is -2.14. The zero-order valence-electron chi connectivity index (χ0n) is 16.2. The van der Waals surface area contributed by atoms with Gasteiger partial charge in [-0.25, -0.2) is 8.42 Å². The number of halogens is 1. The van der Waals surface area contributed by atoms with E-state index in [1.165, 1.54) is 44.6 Å². The third-order valence-electron chi connectivity index (χ3n) is 4.17. The highest BCUT2D eigenvalue weighted by atomic mass is 35.5. The Kier molecular flexibility index (Phi) is 6.49. The van der Waals surface area contributed by atoms with E-state index >= 15 is 0 Å². The molecule has 0 unspecified atom stereocenters. The van der Waals surface area contributed by atoms with Crippen LogP contribution in [0.25, 0.3) is 0 Å². The Balaban J connectivity index is 1.88. The topological polar surface area (TPSA) is 93.7 Å². The molecule has 0 saturated carbocycles. The van der Waals surface area contributed by atoms with Gasteiger partial charge < -0.3 is 14.8 Å². The molecule has 0 aromatic heterocycles. The number of benzene rings is 3. The maximum Gasteiger partial charge on any atom is 0.261 e. The van der Waals surface area contributed by atoms with Crippen LogP contribution >= 0.6 is 11.6 Å². The molecule has 0 fully saturated rings. The van der Waals surface area contributed by atoms with Gasteiger partial charge in [0.2, 0.25) is 0 Å². The summed E-state index contributed by atoms with van der Waals surface area (Å²) >= 11 is 6.18.